The molecule has 0 aliphatic carbocycles. The van der Waals surface area contributed by atoms with Gasteiger partial charge in [0.15, 0.2) is 6.61 Å². The van der Waals surface area contributed by atoms with E-state index in [1.807, 2.05) is 30.3 Å². The van der Waals surface area contributed by atoms with Gasteiger partial charge < -0.3 is 10.1 Å². The third-order valence-electron chi connectivity index (χ3n) is 2.10. The Kier molecular flexibility index (Phi) is 5.05. The molecule has 0 heterocycles. The van der Waals surface area contributed by atoms with Crippen molar-refractivity contribution in [3.63, 3.8) is 0 Å². The number of benzene rings is 1. The Morgan fingerprint density at radius 1 is 1.25 bits per heavy atom. The van der Waals surface area contributed by atoms with Gasteiger partial charge in [-0.25, -0.2) is 0 Å². The molecule has 86 valence electrons. The summed E-state index contributed by atoms with van der Waals surface area (Å²) in [6.45, 7) is -0.204. The first-order valence-corrected chi connectivity index (χ1v) is 5.12. The monoisotopic (exact) mass is 221 g/mol. The maximum atomic E-state index is 11.2. The Hall–Kier alpha value is -1.84. The molecule has 0 saturated heterocycles. The standard InChI is InChI=1S/C12H15NO3/c1-13-11(14)9-16-12(15)8-7-10-5-3-2-4-6-10/h2-6H,7-9H2,1H3,(H,13,14). The predicted molar refractivity (Wildman–Crippen MR) is 59.8 cm³/mol. The van der Waals surface area contributed by atoms with E-state index >= 15 is 0 Å². The first kappa shape index (κ1) is 12.2. The molecule has 4 nitrogen and oxygen atoms in total. The summed E-state index contributed by atoms with van der Waals surface area (Å²) in [5.41, 5.74) is 1.08. The van der Waals surface area contributed by atoms with Gasteiger partial charge in [0.1, 0.15) is 0 Å². The zero-order chi connectivity index (χ0) is 11.8. The maximum absolute atomic E-state index is 11.2. The van der Waals surface area contributed by atoms with Crippen molar-refractivity contribution in [3.05, 3.63) is 35.9 Å². The van der Waals surface area contributed by atoms with E-state index in [4.69, 9.17) is 4.74 Å². The fraction of sp³-hybridized carbons (Fsp3) is 0.333. The number of hydrogen-bond donors (Lipinski definition) is 1. The van der Waals surface area contributed by atoms with Crippen molar-refractivity contribution in [1.29, 1.82) is 0 Å². The number of rotatable bonds is 5. The fourth-order valence-corrected chi connectivity index (χ4v) is 1.18. The smallest absolute Gasteiger partial charge is 0.306 e. The molecule has 0 unspecified atom stereocenters. The Morgan fingerprint density at radius 3 is 2.56 bits per heavy atom. The minimum atomic E-state index is -0.354. The van der Waals surface area contributed by atoms with Crippen LogP contribution in [-0.4, -0.2) is 25.5 Å². The summed E-state index contributed by atoms with van der Waals surface area (Å²) in [7, 11) is 1.50. The molecule has 1 aromatic carbocycles. The lowest BCUT2D eigenvalue weighted by Gasteiger charge is -2.03. The molecule has 1 amide bonds. The molecule has 0 saturated carbocycles. The molecule has 0 spiro atoms. The number of carbonyl (C=O) groups is 2. The van der Waals surface area contributed by atoms with Crippen LogP contribution >= 0.6 is 0 Å². The highest BCUT2D eigenvalue weighted by Gasteiger charge is 2.05. The van der Waals surface area contributed by atoms with Crippen LogP contribution in [0.1, 0.15) is 12.0 Å². The van der Waals surface area contributed by atoms with Crippen LogP contribution in [0.25, 0.3) is 0 Å². The number of likely N-dealkylation sites (N-methyl/N-ethyl adjacent to an activating group) is 1. The Bertz CT molecular complexity index is 349. The molecular formula is C12H15NO3. The van der Waals surface area contributed by atoms with Gasteiger partial charge in [0.2, 0.25) is 0 Å². The highest BCUT2D eigenvalue weighted by atomic mass is 16.5. The summed E-state index contributed by atoms with van der Waals surface area (Å²) in [6, 6.07) is 9.67. The second-order valence-corrected chi connectivity index (χ2v) is 3.32. The third kappa shape index (κ3) is 4.59. The number of ether oxygens (including phenoxy) is 1. The van der Waals surface area contributed by atoms with Gasteiger partial charge in [-0.15, -0.1) is 0 Å². The van der Waals surface area contributed by atoms with Crippen LogP contribution in [-0.2, 0) is 20.7 Å². The highest BCUT2D eigenvalue weighted by Crippen LogP contribution is 2.02. The third-order valence-corrected chi connectivity index (χ3v) is 2.10. The average Bonchev–Trinajstić information content (AvgIpc) is 2.34. The van der Waals surface area contributed by atoms with E-state index in [0.717, 1.165) is 5.56 Å². The van der Waals surface area contributed by atoms with Crippen molar-refractivity contribution >= 4 is 11.9 Å². The molecule has 0 aliphatic heterocycles. The Morgan fingerprint density at radius 2 is 1.94 bits per heavy atom. The van der Waals surface area contributed by atoms with Gasteiger partial charge in [-0.3, -0.25) is 9.59 Å². The lowest BCUT2D eigenvalue weighted by Crippen LogP contribution is -2.25. The van der Waals surface area contributed by atoms with E-state index in [1.54, 1.807) is 0 Å². The molecule has 16 heavy (non-hydrogen) atoms. The van der Waals surface area contributed by atoms with Gasteiger partial charge in [-0.05, 0) is 12.0 Å². The first-order valence-electron chi connectivity index (χ1n) is 5.12. The summed E-state index contributed by atoms with van der Waals surface area (Å²) in [5, 5.41) is 2.38. The van der Waals surface area contributed by atoms with Crippen molar-refractivity contribution in [2.45, 2.75) is 12.8 Å². The van der Waals surface area contributed by atoms with E-state index in [9.17, 15) is 9.59 Å². The van der Waals surface area contributed by atoms with E-state index in [2.05, 4.69) is 5.32 Å². The number of amides is 1. The largest absolute Gasteiger partial charge is 0.456 e. The zero-order valence-electron chi connectivity index (χ0n) is 9.23. The topological polar surface area (TPSA) is 55.4 Å². The molecule has 0 bridgehead atoms. The summed E-state index contributed by atoms with van der Waals surface area (Å²) in [5.74, 6) is -0.652. The number of hydrogen-bond acceptors (Lipinski definition) is 3. The maximum Gasteiger partial charge on any atom is 0.306 e. The van der Waals surface area contributed by atoms with Gasteiger partial charge in [0.05, 0.1) is 0 Å². The predicted octanol–water partition coefficient (Wildman–Crippen LogP) is 0.908. The highest BCUT2D eigenvalue weighted by molar-refractivity contribution is 5.80. The van der Waals surface area contributed by atoms with Gasteiger partial charge in [0.25, 0.3) is 5.91 Å². The lowest BCUT2D eigenvalue weighted by atomic mass is 10.1. The molecule has 0 aliphatic rings. The van der Waals surface area contributed by atoms with Gasteiger partial charge in [-0.1, -0.05) is 30.3 Å². The van der Waals surface area contributed by atoms with Crippen LogP contribution in [0.2, 0.25) is 0 Å². The molecule has 0 aromatic heterocycles. The van der Waals surface area contributed by atoms with Crippen LogP contribution in [0.15, 0.2) is 30.3 Å². The summed E-state index contributed by atoms with van der Waals surface area (Å²) >= 11 is 0. The second-order valence-electron chi connectivity index (χ2n) is 3.32. The van der Waals surface area contributed by atoms with Crippen LogP contribution in [0, 0.1) is 0 Å². The molecule has 0 atom stereocenters. The van der Waals surface area contributed by atoms with Crippen molar-refractivity contribution in [3.8, 4) is 0 Å². The zero-order valence-corrected chi connectivity index (χ0v) is 9.23. The van der Waals surface area contributed by atoms with Crippen molar-refractivity contribution < 1.29 is 14.3 Å². The molecule has 0 radical (unpaired) electrons. The minimum Gasteiger partial charge on any atom is -0.456 e. The van der Waals surface area contributed by atoms with Crippen LogP contribution in [0.5, 0.6) is 0 Å². The molecule has 4 heteroatoms. The van der Waals surface area contributed by atoms with E-state index in [1.165, 1.54) is 7.05 Å². The number of aryl methyl sites for hydroxylation is 1. The second kappa shape index (κ2) is 6.61. The van der Waals surface area contributed by atoms with E-state index < -0.39 is 0 Å². The van der Waals surface area contributed by atoms with Crippen molar-refractivity contribution in [1.82, 2.24) is 5.32 Å². The van der Waals surface area contributed by atoms with Gasteiger partial charge in [0, 0.05) is 13.5 Å². The summed E-state index contributed by atoms with van der Waals surface area (Å²) in [6.07, 6.45) is 0.925. The van der Waals surface area contributed by atoms with E-state index in [-0.39, 0.29) is 18.5 Å². The van der Waals surface area contributed by atoms with Gasteiger partial charge in [-0.2, -0.15) is 0 Å². The lowest BCUT2D eigenvalue weighted by molar-refractivity contribution is -0.148. The summed E-state index contributed by atoms with van der Waals surface area (Å²) < 4.78 is 4.77. The van der Waals surface area contributed by atoms with Crippen molar-refractivity contribution in [2.75, 3.05) is 13.7 Å². The fourth-order valence-electron chi connectivity index (χ4n) is 1.18. The SMILES string of the molecule is CNC(=O)COC(=O)CCc1ccccc1. The average molecular weight is 221 g/mol. The first-order chi connectivity index (χ1) is 7.72. The number of carbonyl (C=O) groups excluding carboxylic acids is 2. The van der Waals surface area contributed by atoms with Crippen LogP contribution < -0.4 is 5.32 Å². The van der Waals surface area contributed by atoms with E-state index in [0.29, 0.717) is 12.8 Å². The Balaban J connectivity index is 2.23. The van der Waals surface area contributed by atoms with Gasteiger partial charge >= 0.3 is 5.97 Å². The van der Waals surface area contributed by atoms with Crippen LogP contribution in [0.4, 0.5) is 0 Å². The Labute approximate surface area is 94.6 Å². The molecule has 0 fully saturated rings. The number of nitrogens with one attached hydrogen (secondary N) is 1. The molecule has 1 N–H and O–H groups in total. The summed E-state index contributed by atoms with van der Waals surface area (Å²) in [4.78, 5) is 22.0. The van der Waals surface area contributed by atoms with Crippen LogP contribution in [0.3, 0.4) is 0 Å². The quantitative estimate of drug-likeness (QED) is 0.752. The molecule has 1 rings (SSSR count). The minimum absolute atomic E-state index is 0.204. The molecular weight excluding hydrogens is 206 g/mol. The normalized spacial score (nSPS) is 9.56. The number of esters is 1. The van der Waals surface area contributed by atoms with Crippen molar-refractivity contribution in [2.24, 2.45) is 0 Å². The molecule has 1 aromatic rings.